The molecular formula is C13H25N3O4. The van der Waals surface area contributed by atoms with Crippen LogP contribution in [-0.2, 0) is 9.59 Å². The minimum atomic E-state index is -0.949. The van der Waals surface area contributed by atoms with Gasteiger partial charge in [0.2, 0.25) is 5.91 Å². The molecule has 0 bridgehead atoms. The Kier molecular flexibility index (Phi) is 8.35. The molecular weight excluding hydrogens is 262 g/mol. The Hall–Kier alpha value is -1.79. The minimum Gasteiger partial charge on any atom is -0.481 e. The minimum absolute atomic E-state index is 0.0710. The van der Waals surface area contributed by atoms with Crippen LogP contribution in [0.15, 0.2) is 0 Å². The van der Waals surface area contributed by atoms with Crippen LogP contribution in [0.4, 0.5) is 4.79 Å². The summed E-state index contributed by atoms with van der Waals surface area (Å²) in [5.74, 6) is -1.74. The van der Waals surface area contributed by atoms with Gasteiger partial charge in [-0.2, -0.15) is 0 Å². The van der Waals surface area contributed by atoms with Crippen molar-refractivity contribution in [3.63, 3.8) is 0 Å². The van der Waals surface area contributed by atoms with Crippen LogP contribution in [-0.4, -0.2) is 65.5 Å². The van der Waals surface area contributed by atoms with E-state index in [0.717, 1.165) is 0 Å². The monoisotopic (exact) mass is 287 g/mol. The van der Waals surface area contributed by atoms with Gasteiger partial charge in [0.25, 0.3) is 0 Å². The van der Waals surface area contributed by atoms with E-state index in [4.69, 9.17) is 5.11 Å². The number of aliphatic carboxylic acids is 1. The molecule has 116 valence electrons. The van der Waals surface area contributed by atoms with E-state index in [0.29, 0.717) is 19.6 Å². The molecule has 0 heterocycles. The zero-order chi connectivity index (χ0) is 15.7. The number of likely N-dealkylation sites (N-methyl/N-ethyl adjacent to an activating group) is 1. The summed E-state index contributed by atoms with van der Waals surface area (Å²) in [4.78, 5) is 37.4. The summed E-state index contributed by atoms with van der Waals surface area (Å²) in [6.07, 6.45) is 0. The highest BCUT2D eigenvalue weighted by molar-refractivity contribution is 5.84. The second-order valence-corrected chi connectivity index (χ2v) is 4.50. The van der Waals surface area contributed by atoms with Crippen molar-refractivity contribution in [2.75, 3.05) is 32.7 Å². The summed E-state index contributed by atoms with van der Waals surface area (Å²) in [6, 6.07) is -0.416. The van der Waals surface area contributed by atoms with Gasteiger partial charge in [0.1, 0.15) is 0 Å². The van der Waals surface area contributed by atoms with Crippen molar-refractivity contribution in [3.05, 3.63) is 0 Å². The van der Waals surface area contributed by atoms with Crippen LogP contribution in [0.1, 0.15) is 27.7 Å². The number of carboxylic acids is 1. The van der Waals surface area contributed by atoms with Crippen molar-refractivity contribution in [1.82, 2.24) is 15.1 Å². The zero-order valence-corrected chi connectivity index (χ0v) is 12.7. The molecule has 0 aliphatic carbocycles. The molecule has 7 nitrogen and oxygen atoms in total. The lowest BCUT2D eigenvalue weighted by Crippen LogP contribution is -2.47. The first-order valence-electron chi connectivity index (χ1n) is 6.90. The Morgan fingerprint density at radius 3 is 1.95 bits per heavy atom. The van der Waals surface area contributed by atoms with Gasteiger partial charge in [-0.05, 0) is 20.8 Å². The average Bonchev–Trinajstić information content (AvgIpc) is 2.42. The highest BCUT2D eigenvalue weighted by Gasteiger charge is 2.20. The predicted molar refractivity (Wildman–Crippen MR) is 75.4 cm³/mol. The fourth-order valence-electron chi connectivity index (χ4n) is 1.72. The van der Waals surface area contributed by atoms with Gasteiger partial charge in [-0.15, -0.1) is 0 Å². The summed E-state index contributed by atoms with van der Waals surface area (Å²) < 4.78 is 0. The molecule has 0 spiro atoms. The number of nitrogens with zero attached hydrogens (tertiary/aromatic N) is 2. The van der Waals surface area contributed by atoms with Crippen molar-refractivity contribution in [2.24, 2.45) is 5.92 Å². The number of hydrogen-bond acceptors (Lipinski definition) is 3. The molecule has 7 heteroatoms. The van der Waals surface area contributed by atoms with E-state index in [9.17, 15) is 14.4 Å². The predicted octanol–water partition coefficient (Wildman–Crippen LogP) is 0.607. The molecule has 0 saturated heterocycles. The molecule has 3 amide bonds. The number of carboxylic acid groups (broad SMARTS) is 1. The van der Waals surface area contributed by atoms with Crippen LogP contribution >= 0.6 is 0 Å². The first-order chi connectivity index (χ1) is 9.37. The number of urea groups is 1. The summed E-state index contributed by atoms with van der Waals surface area (Å²) >= 11 is 0. The van der Waals surface area contributed by atoms with Crippen molar-refractivity contribution in [2.45, 2.75) is 27.7 Å². The lowest BCUT2D eigenvalue weighted by atomic mass is 10.2. The first kappa shape index (κ1) is 18.2. The molecule has 0 saturated carbocycles. The summed E-state index contributed by atoms with van der Waals surface area (Å²) in [5, 5.41) is 11.4. The number of carbonyl (C=O) groups excluding carboxylic acids is 2. The smallest absolute Gasteiger partial charge is 0.317 e. The average molecular weight is 287 g/mol. The number of amides is 3. The molecule has 0 aromatic carbocycles. The van der Waals surface area contributed by atoms with Crippen LogP contribution < -0.4 is 5.32 Å². The Labute approximate surface area is 119 Å². The Balaban J connectivity index is 4.36. The fraction of sp³-hybridized carbons (Fsp3) is 0.769. The Bertz CT molecular complexity index is 343. The van der Waals surface area contributed by atoms with Gasteiger partial charge in [0.15, 0.2) is 0 Å². The molecule has 0 aromatic rings. The van der Waals surface area contributed by atoms with E-state index in [1.54, 1.807) is 18.7 Å². The quantitative estimate of drug-likeness (QED) is 0.684. The summed E-state index contributed by atoms with van der Waals surface area (Å²) in [7, 11) is 0. The normalized spacial score (nSPS) is 11.6. The Morgan fingerprint density at radius 2 is 1.55 bits per heavy atom. The molecule has 0 rings (SSSR count). The van der Waals surface area contributed by atoms with Gasteiger partial charge in [-0.25, -0.2) is 4.79 Å². The molecule has 2 N–H and O–H groups in total. The lowest BCUT2D eigenvalue weighted by molar-refractivity contribution is -0.141. The molecule has 0 fully saturated rings. The third kappa shape index (κ3) is 5.90. The van der Waals surface area contributed by atoms with Crippen molar-refractivity contribution in [3.8, 4) is 0 Å². The van der Waals surface area contributed by atoms with E-state index in [1.807, 2.05) is 13.8 Å². The van der Waals surface area contributed by atoms with Crippen molar-refractivity contribution < 1.29 is 19.5 Å². The molecule has 0 aliphatic rings. The maximum atomic E-state index is 11.9. The van der Waals surface area contributed by atoms with Gasteiger partial charge >= 0.3 is 12.0 Å². The number of carbonyl (C=O) groups is 3. The van der Waals surface area contributed by atoms with Crippen LogP contribution in [0.5, 0.6) is 0 Å². The topological polar surface area (TPSA) is 90.0 Å². The fourth-order valence-corrected chi connectivity index (χ4v) is 1.72. The summed E-state index contributed by atoms with van der Waals surface area (Å²) in [5.41, 5.74) is 0. The van der Waals surface area contributed by atoms with Gasteiger partial charge in [0, 0.05) is 26.2 Å². The molecule has 0 radical (unpaired) electrons. The van der Waals surface area contributed by atoms with E-state index >= 15 is 0 Å². The Morgan fingerprint density at radius 1 is 1.05 bits per heavy atom. The maximum Gasteiger partial charge on any atom is 0.317 e. The number of rotatable bonds is 8. The van der Waals surface area contributed by atoms with Gasteiger partial charge < -0.3 is 20.2 Å². The molecule has 1 unspecified atom stereocenters. The zero-order valence-electron chi connectivity index (χ0n) is 12.7. The molecule has 0 aromatic heterocycles. The van der Waals surface area contributed by atoms with Gasteiger partial charge in [-0.1, -0.05) is 6.92 Å². The van der Waals surface area contributed by atoms with Crippen LogP contribution in [0.25, 0.3) is 0 Å². The largest absolute Gasteiger partial charge is 0.481 e. The summed E-state index contributed by atoms with van der Waals surface area (Å²) in [6.45, 7) is 8.68. The SMILES string of the molecule is CCN(CC)C(=O)CNC(=O)N(CC)CC(C)C(=O)O. The highest BCUT2D eigenvalue weighted by Crippen LogP contribution is 2.00. The van der Waals surface area contributed by atoms with Crippen LogP contribution in [0.3, 0.4) is 0 Å². The second kappa shape index (κ2) is 9.17. The first-order valence-corrected chi connectivity index (χ1v) is 6.90. The van der Waals surface area contributed by atoms with E-state index in [2.05, 4.69) is 5.32 Å². The highest BCUT2D eigenvalue weighted by atomic mass is 16.4. The number of hydrogen-bond donors (Lipinski definition) is 2. The second-order valence-electron chi connectivity index (χ2n) is 4.50. The van der Waals surface area contributed by atoms with Gasteiger partial charge in [-0.3, -0.25) is 9.59 Å². The lowest BCUT2D eigenvalue weighted by Gasteiger charge is -2.24. The molecule has 0 aliphatic heterocycles. The van der Waals surface area contributed by atoms with Gasteiger partial charge in [0.05, 0.1) is 12.5 Å². The van der Waals surface area contributed by atoms with Crippen molar-refractivity contribution >= 4 is 17.9 Å². The standard InChI is InChI=1S/C13H25N3O4/c1-5-15(6-2)11(17)8-14-13(20)16(7-3)9-10(4)12(18)19/h10H,5-9H2,1-4H3,(H,14,20)(H,18,19). The van der Waals surface area contributed by atoms with Crippen LogP contribution in [0, 0.1) is 5.92 Å². The van der Waals surface area contributed by atoms with E-state index in [-0.39, 0.29) is 19.0 Å². The molecule has 20 heavy (non-hydrogen) atoms. The van der Waals surface area contributed by atoms with Crippen molar-refractivity contribution in [1.29, 1.82) is 0 Å². The van der Waals surface area contributed by atoms with E-state index in [1.165, 1.54) is 4.90 Å². The molecule has 1 atom stereocenters. The van der Waals surface area contributed by atoms with Crippen LogP contribution in [0.2, 0.25) is 0 Å². The third-order valence-electron chi connectivity index (χ3n) is 3.09. The third-order valence-corrected chi connectivity index (χ3v) is 3.09. The van der Waals surface area contributed by atoms with E-state index < -0.39 is 17.9 Å². The number of nitrogens with one attached hydrogen (secondary N) is 1. The maximum absolute atomic E-state index is 11.9.